The molecule has 1 heterocycles. The van der Waals surface area contributed by atoms with E-state index in [1.165, 1.54) is 0 Å². The molecule has 0 saturated carbocycles. The van der Waals surface area contributed by atoms with Crippen molar-refractivity contribution in [1.82, 2.24) is 14.9 Å². The molecule has 0 radical (unpaired) electrons. The van der Waals surface area contributed by atoms with Crippen LogP contribution in [0, 0.1) is 6.92 Å². The van der Waals surface area contributed by atoms with E-state index in [0.29, 0.717) is 18.7 Å². The van der Waals surface area contributed by atoms with Crippen LogP contribution in [0.25, 0.3) is 22.2 Å². The summed E-state index contributed by atoms with van der Waals surface area (Å²) in [7, 11) is 1.65. The average Bonchev–Trinajstić information content (AvgIpc) is 3.33. The quantitative estimate of drug-likeness (QED) is 0.207. The summed E-state index contributed by atoms with van der Waals surface area (Å²) in [5.74, 6) is 0.0561. The third kappa shape index (κ3) is 5.84. The number of carboxylic acid groups (broad SMARTS) is 1. The number of rotatable bonds is 9. The van der Waals surface area contributed by atoms with E-state index >= 15 is 0 Å². The number of aromatic nitrogens is 2. The zero-order chi connectivity index (χ0) is 28.9. The maximum absolute atomic E-state index is 13.0. The van der Waals surface area contributed by atoms with E-state index in [9.17, 15) is 14.7 Å². The van der Waals surface area contributed by atoms with E-state index in [4.69, 9.17) is 4.98 Å². The number of hydrogen-bond donors (Lipinski definition) is 2. The summed E-state index contributed by atoms with van der Waals surface area (Å²) >= 11 is 0. The Morgan fingerprint density at radius 2 is 1.63 bits per heavy atom. The van der Waals surface area contributed by atoms with E-state index in [1.807, 2.05) is 79.7 Å². The Balaban J connectivity index is 1.54. The predicted octanol–water partition coefficient (Wildman–Crippen LogP) is 7.06. The first-order valence-electron chi connectivity index (χ1n) is 13.8. The second-order valence-corrected chi connectivity index (χ2v) is 10.2. The molecule has 4 aromatic carbocycles. The predicted molar refractivity (Wildman–Crippen MR) is 163 cm³/mol. The fourth-order valence-electron chi connectivity index (χ4n) is 5.24. The molecule has 5 rings (SSSR count). The Morgan fingerprint density at radius 3 is 2.32 bits per heavy atom. The van der Waals surface area contributed by atoms with Gasteiger partial charge < -0.3 is 15.0 Å². The van der Waals surface area contributed by atoms with Crippen LogP contribution in [0.5, 0.6) is 0 Å². The molecule has 0 fully saturated rings. The molecule has 208 valence electrons. The van der Waals surface area contributed by atoms with Crippen molar-refractivity contribution in [2.45, 2.75) is 39.8 Å². The Kier molecular flexibility index (Phi) is 8.15. The lowest BCUT2D eigenvalue weighted by Gasteiger charge is -2.23. The molecular weight excluding hydrogens is 512 g/mol. The molecule has 7 nitrogen and oxygen atoms in total. The van der Waals surface area contributed by atoms with Crippen LogP contribution < -0.4 is 10.2 Å². The molecule has 2 N–H and O–H groups in total. The maximum atomic E-state index is 13.0. The number of carboxylic acids is 1. The molecular formula is C34H34N4O3. The minimum absolute atomic E-state index is 0.176. The van der Waals surface area contributed by atoms with Gasteiger partial charge in [0.1, 0.15) is 5.82 Å². The standard InChI is InChI=1S/C34H34N4O3/c1-4-10-31-36-32-23(2)19-27(37(34(41)35-3)21-24-11-6-5-7-12-24)20-30(32)38(31)22-25-15-17-26(18-16-25)28-13-8-9-14-29(28)33(39)40/h5-9,11-20H,4,10,21-22H2,1-3H3,(H,35,41)(H,39,40). The molecule has 2 amide bonds. The summed E-state index contributed by atoms with van der Waals surface area (Å²) in [6.07, 6.45) is 1.79. The zero-order valence-corrected chi connectivity index (χ0v) is 23.6. The average molecular weight is 547 g/mol. The van der Waals surface area contributed by atoms with Gasteiger partial charge in [-0.25, -0.2) is 14.6 Å². The van der Waals surface area contributed by atoms with Crippen molar-refractivity contribution in [2.75, 3.05) is 11.9 Å². The molecule has 5 aromatic rings. The van der Waals surface area contributed by atoms with Crippen LogP contribution in [0.3, 0.4) is 0 Å². The van der Waals surface area contributed by atoms with Crippen LogP contribution >= 0.6 is 0 Å². The summed E-state index contributed by atoms with van der Waals surface area (Å²) < 4.78 is 2.24. The lowest BCUT2D eigenvalue weighted by Crippen LogP contribution is -2.37. The van der Waals surface area contributed by atoms with E-state index in [0.717, 1.165) is 57.6 Å². The van der Waals surface area contributed by atoms with Gasteiger partial charge in [-0.3, -0.25) is 4.90 Å². The van der Waals surface area contributed by atoms with Crippen molar-refractivity contribution < 1.29 is 14.7 Å². The van der Waals surface area contributed by atoms with Gasteiger partial charge in [-0.15, -0.1) is 0 Å². The van der Waals surface area contributed by atoms with Gasteiger partial charge in [0.2, 0.25) is 0 Å². The number of aryl methyl sites for hydroxylation is 2. The van der Waals surface area contributed by atoms with Gasteiger partial charge in [0.15, 0.2) is 0 Å². The van der Waals surface area contributed by atoms with Crippen molar-refractivity contribution in [3.63, 3.8) is 0 Å². The zero-order valence-electron chi connectivity index (χ0n) is 23.6. The van der Waals surface area contributed by atoms with Gasteiger partial charge in [-0.1, -0.05) is 79.7 Å². The number of amides is 2. The smallest absolute Gasteiger partial charge is 0.336 e. The molecule has 0 aliphatic heterocycles. The Morgan fingerprint density at radius 1 is 0.927 bits per heavy atom. The summed E-state index contributed by atoms with van der Waals surface area (Å²) in [6.45, 7) is 5.23. The SMILES string of the molecule is CCCc1nc2c(C)cc(N(Cc3ccccc3)C(=O)NC)cc2n1Cc1ccc(-c2ccccc2C(=O)O)cc1. The first-order chi connectivity index (χ1) is 19.9. The highest BCUT2D eigenvalue weighted by Crippen LogP contribution is 2.30. The highest BCUT2D eigenvalue weighted by molar-refractivity contribution is 5.96. The molecule has 0 saturated heterocycles. The first-order valence-corrected chi connectivity index (χ1v) is 13.8. The maximum Gasteiger partial charge on any atom is 0.336 e. The van der Waals surface area contributed by atoms with E-state index in [2.05, 4.69) is 22.9 Å². The summed E-state index contributed by atoms with van der Waals surface area (Å²) in [5, 5.41) is 12.4. The number of carbonyl (C=O) groups is 2. The topological polar surface area (TPSA) is 87.5 Å². The molecule has 0 atom stereocenters. The van der Waals surface area contributed by atoms with Crippen molar-refractivity contribution in [1.29, 1.82) is 0 Å². The largest absolute Gasteiger partial charge is 0.478 e. The van der Waals surface area contributed by atoms with Crippen molar-refractivity contribution in [3.8, 4) is 11.1 Å². The van der Waals surface area contributed by atoms with Gasteiger partial charge in [0.05, 0.1) is 23.1 Å². The molecule has 0 aliphatic rings. The lowest BCUT2D eigenvalue weighted by molar-refractivity contribution is 0.0697. The van der Waals surface area contributed by atoms with Gasteiger partial charge >= 0.3 is 12.0 Å². The summed E-state index contributed by atoms with van der Waals surface area (Å²) in [5.41, 5.74) is 7.68. The summed E-state index contributed by atoms with van der Waals surface area (Å²) in [6, 6.07) is 28.9. The number of hydrogen-bond acceptors (Lipinski definition) is 3. The normalized spacial score (nSPS) is 11.0. The van der Waals surface area contributed by atoms with Crippen molar-refractivity contribution in [3.05, 3.63) is 119 Å². The minimum Gasteiger partial charge on any atom is -0.478 e. The van der Waals surface area contributed by atoms with Crippen molar-refractivity contribution in [2.24, 2.45) is 0 Å². The Labute approximate surface area is 240 Å². The van der Waals surface area contributed by atoms with Crippen LogP contribution in [0.4, 0.5) is 10.5 Å². The Hall–Kier alpha value is -4.91. The number of fused-ring (bicyclic) bond motifs is 1. The van der Waals surface area contributed by atoms with Gasteiger partial charge in [0, 0.05) is 25.7 Å². The van der Waals surface area contributed by atoms with Gasteiger partial charge in [-0.2, -0.15) is 0 Å². The second-order valence-electron chi connectivity index (χ2n) is 10.2. The van der Waals surface area contributed by atoms with Crippen LogP contribution in [-0.2, 0) is 19.5 Å². The molecule has 0 bridgehead atoms. The minimum atomic E-state index is -0.942. The first kappa shape index (κ1) is 27.6. The highest BCUT2D eigenvalue weighted by atomic mass is 16.4. The van der Waals surface area contributed by atoms with E-state index in [-0.39, 0.29) is 11.6 Å². The van der Waals surface area contributed by atoms with Crippen LogP contribution in [0.2, 0.25) is 0 Å². The lowest BCUT2D eigenvalue weighted by atomic mass is 9.99. The summed E-state index contributed by atoms with van der Waals surface area (Å²) in [4.78, 5) is 31.5. The number of benzene rings is 4. The number of nitrogens with zero attached hydrogens (tertiary/aromatic N) is 3. The number of anilines is 1. The van der Waals surface area contributed by atoms with Gasteiger partial charge in [-0.05, 0) is 59.4 Å². The Bertz CT molecular complexity index is 1690. The number of carbonyl (C=O) groups excluding carboxylic acids is 1. The van der Waals surface area contributed by atoms with Crippen LogP contribution in [0.15, 0.2) is 91.0 Å². The van der Waals surface area contributed by atoms with Crippen LogP contribution in [0.1, 0.15) is 46.2 Å². The molecule has 1 aromatic heterocycles. The molecule has 0 unspecified atom stereocenters. The number of nitrogens with one attached hydrogen (secondary N) is 1. The van der Waals surface area contributed by atoms with E-state index in [1.54, 1.807) is 24.1 Å². The molecule has 41 heavy (non-hydrogen) atoms. The molecule has 7 heteroatoms. The van der Waals surface area contributed by atoms with E-state index < -0.39 is 5.97 Å². The fraction of sp³-hybridized carbons (Fsp3) is 0.206. The second kappa shape index (κ2) is 12.1. The number of imidazole rings is 1. The third-order valence-corrected chi connectivity index (χ3v) is 7.30. The van der Waals surface area contributed by atoms with Crippen molar-refractivity contribution >= 4 is 28.7 Å². The monoisotopic (exact) mass is 546 g/mol. The molecule has 0 aliphatic carbocycles. The third-order valence-electron chi connectivity index (χ3n) is 7.30. The molecule has 0 spiro atoms. The van der Waals surface area contributed by atoms with Gasteiger partial charge in [0.25, 0.3) is 0 Å². The fourth-order valence-corrected chi connectivity index (χ4v) is 5.24. The van der Waals surface area contributed by atoms with Crippen LogP contribution in [-0.4, -0.2) is 33.7 Å². The number of aromatic carboxylic acids is 1. The number of urea groups is 1. The highest BCUT2D eigenvalue weighted by Gasteiger charge is 2.20.